The van der Waals surface area contributed by atoms with Gasteiger partial charge in [-0.25, -0.2) is 0 Å². The molecule has 0 saturated heterocycles. The molecule has 0 unspecified atom stereocenters. The van der Waals surface area contributed by atoms with Crippen LogP contribution >= 0.6 is 0 Å². The predicted molar refractivity (Wildman–Crippen MR) is 63.4 cm³/mol. The molecule has 1 rings (SSSR count). The van der Waals surface area contributed by atoms with Gasteiger partial charge >= 0.3 is 5.97 Å². The van der Waals surface area contributed by atoms with E-state index in [2.05, 4.69) is 0 Å². The van der Waals surface area contributed by atoms with Gasteiger partial charge in [0.25, 0.3) is 5.69 Å². The second kappa shape index (κ2) is 5.90. The first-order valence-electron chi connectivity index (χ1n) is 5.39. The lowest BCUT2D eigenvalue weighted by molar-refractivity contribution is -0.385. The van der Waals surface area contributed by atoms with Gasteiger partial charge in [0.15, 0.2) is 5.78 Å². The molecule has 18 heavy (non-hydrogen) atoms. The lowest BCUT2D eigenvalue weighted by Crippen LogP contribution is -2.08. The van der Waals surface area contributed by atoms with Gasteiger partial charge in [-0.1, -0.05) is 6.07 Å². The molecule has 0 aromatic heterocycles. The van der Waals surface area contributed by atoms with Gasteiger partial charge in [0, 0.05) is 6.07 Å². The summed E-state index contributed by atoms with van der Waals surface area (Å²) in [6.45, 7) is 3.19. The number of carbonyl (C=O) groups is 2. The molecule has 0 amide bonds. The summed E-state index contributed by atoms with van der Waals surface area (Å²) >= 11 is 0. The Kier molecular flexibility index (Phi) is 4.53. The SMILES string of the molecule is CCOC(=O)Cc1ccc(C(C)=O)c([N+](=O)[O-])c1. The summed E-state index contributed by atoms with van der Waals surface area (Å²) in [4.78, 5) is 32.7. The number of Topliss-reactive ketones (excluding diaryl/α,β-unsaturated/α-hetero) is 1. The highest BCUT2D eigenvalue weighted by atomic mass is 16.6. The number of rotatable bonds is 5. The van der Waals surface area contributed by atoms with Crippen molar-refractivity contribution in [3.05, 3.63) is 39.4 Å². The monoisotopic (exact) mass is 251 g/mol. The zero-order chi connectivity index (χ0) is 13.7. The zero-order valence-corrected chi connectivity index (χ0v) is 10.1. The third kappa shape index (κ3) is 3.38. The number of nitro benzene ring substituents is 1. The number of ether oxygens (including phenoxy) is 1. The average Bonchev–Trinajstić information content (AvgIpc) is 2.28. The van der Waals surface area contributed by atoms with Crippen LogP contribution in [0.2, 0.25) is 0 Å². The molecule has 96 valence electrons. The van der Waals surface area contributed by atoms with Crippen LogP contribution in [0.1, 0.15) is 29.8 Å². The summed E-state index contributed by atoms with van der Waals surface area (Å²) < 4.78 is 4.75. The Balaban J connectivity index is 3.04. The predicted octanol–water partition coefficient (Wildman–Crippen LogP) is 1.90. The molecule has 0 aliphatic carbocycles. The summed E-state index contributed by atoms with van der Waals surface area (Å²) in [5, 5.41) is 10.8. The quantitative estimate of drug-likeness (QED) is 0.345. The van der Waals surface area contributed by atoms with E-state index in [1.165, 1.54) is 25.1 Å². The van der Waals surface area contributed by atoms with Crippen molar-refractivity contribution in [1.29, 1.82) is 0 Å². The molecule has 0 saturated carbocycles. The summed E-state index contributed by atoms with van der Waals surface area (Å²) in [5.41, 5.74) is 0.196. The number of hydrogen-bond acceptors (Lipinski definition) is 5. The van der Waals surface area contributed by atoms with Crippen LogP contribution in [0.25, 0.3) is 0 Å². The van der Waals surface area contributed by atoms with Gasteiger partial charge in [-0.3, -0.25) is 19.7 Å². The minimum atomic E-state index is -0.634. The largest absolute Gasteiger partial charge is 0.466 e. The van der Waals surface area contributed by atoms with E-state index in [1.54, 1.807) is 6.92 Å². The lowest BCUT2D eigenvalue weighted by atomic mass is 10.0. The number of carbonyl (C=O) groups excluding carboxylic acids is 2. The fraction of sp³-hybridized carbons (Fsp3) is 0.333. The Labute approximate surface area is 104 Å². The maximum Gasteiger partial charge on any atom is 0.310 e. The van der Waals surface area contributed by atoms with Crippen molar-refractivity contribution in [2.24, 2.45) is 0 Å². The average molecular weight is 251 g/mol. The van der Waals surface area contributed by atoms with Crippen molar-refractivity contribution in [3.63, 3.8) is 0 Å². The van der Waals surface area contributed by atoms with Crippen LogP contribution in [0.4, 0.5) is 5.69 Å². The Hall–Kier alpha value is -2.24. The van der Waals surface area contributed by atoms with E-state index < -0.39 is 10.9 Å². The van der Waals surface area contributed by atoms with Crippen molar-refractivity contribution in [2.45, 2.75) is 20.3 Å². The number of ketones is 1. The molecular formula is C12H13NO5. The first kappa shape index (κ1) is 13.8. The molecule has 0 aliphatic rings. The standard InChI is InChI=1S/C12H13NO5/c1-3-18-12(15)7-9-4-5-10(8(2)14)11(6-9)13(16)17/h4-6H,3,7H2,1-2H3. The molecular weight excluding hydrogens is 238 g/mol. The van der Waals surface area contributed by atoms with E-state index in [9.17, 15) is 19.7 Å². The highest BCUT2D eigenvalue weighted by Gasteiger charge is 2.18. The van der Waals surface area contributed by atoms with Gasteiger partial charge < -0.3 is 4.74 Å². The van der Waals surface area contributed by atoms with E-state index in [-0.39, 0.29) is 30.1 Å². The lowest BCUT2D eigenvalue weighted by Gasteiger charge is -2.04. The topological polar surface area (TPSA) is 86.5 Å². The van der Waals surface area contributed by atoms with Crippen LogP contribution in [0, 0.1) is 10.1 Å². The first-order chi connectivity index (χ1) is 8.45. The van der Waals surface area contributed by atoms with E-state index in [0.717, 1.165) is 0 Å². The molecule has 0 N–H and O–H groups in total. The summed E-state index contributed by atoms with van der Waals surface area (Å²) in [6, 6.07) is 4.10. The maximum atomic E-state index is 11.3. The van der Waals surface area contributed by atoms with Crippen molar-refractivity contribution in [2.75, 3.05) is 6.61 Å². The van der Waals surface area contributed by atoms with Crippen LogP contribution in [0.15, 0.2) is 18.2 Å². The summed E-state index contributed by atoms with van der Waals surface area (Å²) in [5.74, 6) is -0.841. The minimum absolute atomic E-state index is 0.0348. The maximum absolute atomic E-state index is 11.3. The molecule has 1 aromatic rings. The number of nitro groups is 1. The smallest absolute Gasteiger partial charge is 0.310 e. The third-order valence-electron chi connectivity index (χ3n) is 2.29. The second-order valence-corrected chi connectivity index (χ2v) is 3.65. The Morgan fingerprint density at radius 1 is 1.39 bits per heavy atom. The van der Waals surface area contributed by atoms with Crippen LogP contribution in [-0.2, 0) is 16.0 Å². The van der Waals surface area contributed by atoms with Gasteiger partial charge in [0.05, 0.1) is 23.5 Å². The molecule has 0 fully saturated rings. The number of benzene rings is 1. The molecule has 0 heterocycles. The Morgan fingerprint density at radius 2 is 2.06 bits per heavy atom. The van der Waals surface area contributed by atoms with Crippen molar-refractivity contribution in [3.8, 4) is 0 Å². The van der Waals surface area contributed by atoms with Crippen LogP contribution in [-0.4, -0.2) is 23.3 Å². The van der Waals surface area contributed by atoms with Crippen LogP contribution < -0.4 is 0 Å². The highest BCUT2D eigenvalue weighted by molar-refractivity contribution is 5.98. The first-order valence-corrected chi connectivity index (χ1v) is 5.39. The number of hydrogen-bond donors (Lipinski definition) is 0. The molecule has 0 atom stereocenters. The van der Waals surface area contributed by atoms with Crippen LogP contribution in [0.5, 0.6) is 0 Å². The highest BCUT2D eigenvalue weighted by Crippen LogP contribution is 2.21. The van der Waals surface area contributed by atoms with Gasteiger partial charge in [-0.05, 0) is 25.5 Å². The fourth-order valence-electron chi connectivity index (χ4n) is 1.51. The normalized spacial score (nSPS) is 9.89. The molecule has 6 heteroatoms. The molecule has 0 radical (unpaired) electrons. The Bertz CT molecular complexity index is 495. The van der Waals surface area contributed by atoms with Gasteiger partial charge in [-0.15, -0.1) is 0 Å². The van der Waals surface area contributed by atoms with Gasteiger partial charge in [-0.2, -0.15) is 0 Å². The molecule has 1 aromatic carbocycles. The van der Waals surface area contributed by atoms with E-state index in [0.29, 0.717) is 5.56 Å². The van der Waals surface area contributed by atoms with Crippen molar-refractivity contribution >= 4 is 17.4 Å². The summed E-state index contributed by atoms with van der Waals surface area (Å²) in [7, 11) is 0. The minimum Gasteiger partial charge on any atom is -0.466 e. The molecule has 0 bridgehead atoms. The number of nitrogens with zero attached hydrogens (tertiary/aromatic N) is 1. The Morgan fingerprint density at radius 3 is 2.56 bits per heavy atom. The molecule has 6 nitrogen and oxygen atoms in total. The fourth-order valence-corrected chi connectivity index (χ4v) is 1.51. The van der Waals surface area contributed by atoms with E-state index in [1.807, 2.05) is 0 Å². The third-order valence-corrected chi connectivity index (χ3v) is 2.29. The van der Waals surface area contributed by atoms with Gasteiger partial charge in [0.1, 0.15) is 0 Å². The van der Waals surface area contributed by atoms with Crippen LogP contribution in [0.3, 0.4) is 0 Å². The van der Waals surface area contributed by atoms with Crippen molar-refractivity contribution in [1.82, 2.24) is 0 Å². The van der Waals surface area contributed by atoms with E-state index in [4.69, 9.17) is 4.74 Å². The van der Waals surface area contributed by atoms with Gasteiger partial charge in [0.2, 0.25) is 0 Å². The number of esters is 1. The van der Waals surface area contributed by atoms with E-state index >= 15 is 0 Å². The van der Waals surface area contributed by atoms with Crippen molar-refractivity contribution < 1.29 is 19.2 Å². The second-order valence-electron chi connectivity index (χ2n) is 3.65. The zero-order valence-electron chi connectivity index (χ0n) is 10.1. The molecule has 0 aliphatic heterocycles. The molecule has 0 spiro atoms. The summed E-state index contributed by atoms with van der Waals surface area (Å²) in [6.07, 6.45) is -0.0487.